The lowest BCUT2D eigenvalue weighted by atomic mass is 9.75. The van der Waals surface area contributed by atoms with Crippen LogP contribution in [0.3, 0.4) is 0 Å². The molecule has 12 rings (SSSR count). The Morgan fingerprint density at radius 2 is 1.09 bits per heavy atom. The van der Waals surface area contributed by atoms with Crippen molar-refractivity contribution in [1.82, 2.24) is 15.0 Å². The Morgan fingerprint density at radius 1 is 0.431 bits per heavy atom. The summed E-state index contributed by atoms with van der Waals surface area (Å²) in [4.78, 5) is 15.8. The van der Waals surface area contributed by atoms with Crippen LogP contribution in [0.5, 0.6) is 0 Å². The lowest BCUT2D eigenvalue weighted by molar-refractivity contribution is 0.667. The summed E-state index contributed by atoms with van der Waals surface area (Å²) in [6, 6.07) is 64.6. The Labute approximate surface area is 338 Å². The van der Waals surface area contributed by atoms with Gasteiger partial charge in [0.1, 0.15) is 11.2 Å². The minimum atomic E-state index is 0.139. The quantitative estimate of drug-likeness (QED) is 0.175. The molecule has 1 aliphatic carbocycles. The first kappa shape index (κ1) is 33.0. The van der Waals surface area contributed by atoms with Crippen molar-refractivity contribution < 1.29 is 4.42 Å². The van der Waals surface area contributed by atoms with Crippen molar-refractivity contribution in [2.45, 2.75) is 12.3 Å². The Balaban J connectivity index is 1.02. The maximum atomic E-state index is 6.38. The third-order valence-electron chi connectivity index (χ3n) is 11.7. The van der Waals surface area contributed by atoms with Crippen molar-refractivity contribution in [3.05, 3.63) is 199 Å². The van der Waals surface area contributed by atoms with E-state index in [2.05, 4.69) is 170 Å². The number of thiophene rings is 1. The molecule has 0 saturated carbocycles. The van der Waals surface area contributed by atoms with Crippen molar-refractivity contribution >= 4 is 53.4 Å². The molecule has 4 nitrogen and oxygen atoms in total. The van der Waals surface area contributed by atoms with E-state index in [1.54, 1.807) is 11.3 Å². The molecular weight excluding hydrogens is 727 g/mol. The van der Waals surface area contributed by atoms with E-state index >= 15 is 0 Å². The molecule has 0 amide bonds. The highest BCUT2D eigenvalue weighted by molar-refractivity contribution is 7.25. The van der Waals surface area contributed by atoms with Gasteiger partial charge in [-0.1, -0.05) is 140 Å². The SMILES string of the molecule is c1ccc(-c2cccc(-c3nc(-c4cccc(C5Cc6cc7oc8ccccc8c7cc6-c6ccccc65)c4)nc(-c4cccc5sc6ccccc6c45)n3)c2)cc1. The van der Waals surface area contributed by atoms with Gasteiger partial charge in [0.15, 0.2) is 17.5 Å². The minimum Gasteiger partial charge on any atom is -0.456 e. The summed E-state index contributed by atoms with van der Waals surface area (Å²) in [5.41, 5.74) is 13.4. The van der Waals surface area contributed by atoms with E-state index in [1.807, 2.05) is 12.1 Å². The summed E-state index contributed by atoms with van der Waals surface area (Å²) < 4.78 is 8.84. The normalized spacial score (nSPS) is 13.6. The number of fused-ring (bicyclic) bond motifs is 9. The summed E-state index contributed by atoms with van der Waals surface area (Å²) in [5.74, 6) is 2.10. The second-order valence-corrected chi connectivity index (χ2v) is 16.2. The Kier molecular flexibility index (Phi) is 7.50. The highest BCUT2D eigenvalue weighted by atomic mass is 32.1. The average Bonchev–Trinajstić information content (AvgIpc) is 3.86. The van der Waals surface area contributed by atoms with Crippen molar-refractivity contribution in [2.24, 2.45) is 0 Å². The number of rotatable bonds is 5. The fraction of sp³-hybridized carbons (Fsp3) is 0.0377. The van der Waals surface area contributed by atoms with Crippen molar-refractivity contribution in [1.29, 1.82) is 0 Å². The van der Waals surface area contributed by atoms with Crippen molar-refractivity contribution in [2.75, 3.05) is 0 Å². The molecule has 1 atom stereocenters. The summed E-state index contributed by atoms with van der Waals surface area (Å²) in [7, 11) is 0. The molecule has 58 heavy (non-hydrogen) atoms. The van der Waals surface area contributed by atoms with Gasteiger partial charge in [-0.15, -0.1) is 11.3 Å². The zero-order valence-corrected chi connectivity index (χ0v) is 32.1. The topological polar surface area (TPSA) is 51.8 Å². The molecule has 8 aromatic carbocycles. The molecule has 0 fully saturated rings. The first-order chi connectivity index (χ1) is 28.7. The van der Waals surface area contributed by atoms with Gasteiger partial charge in [0.05, 0.1) is 0 Å². The number of hydrogen-bond donors (Lipinski definition) is 0. The van der Waals surface area contributed by atoms with Gasteiger partial charge in [-0.3, -0.25) is 0 Å². The van der Waals surface area contributed by atoms with Crippen LogP contribution >= 0.6 is 11.3 Å². The second-order valence-electron chi connectivity index (χ2n) is 15.1. The first-order valence-corrected chi connectivity index (χ1v) is 20.5. The van der Waals surface area contributed by atoms with Crippen LogP contribution in [-0.2, 0) is 6.42 Å². The summed E-state index contributed by atoms with van der Waals surface area (Å²) in [6.07, 6.45) is 0.857. The van der Waals surface area contributed by atoms with Gasteiger partial charge in [0.2, 0.25) is 0 Å². The lowest BCUT2D eigenvalue weighted by Crippen LogP contribution is -2.13. The molecule has 0 bridgehead atoms. The molecular formula is C53H33N3OS. The minimum absolute atomic E-state index is 0.139. The number of furan rings is 1. The standard InChI is InChI=1S/C53H33N3OS/c1-2-13-32(14-3-1)33-15-10-17-35(27-33)51-54-52(56-53(55-51)42-23-12-26-49-50(42)41-22-7-9-25-48(41)58-49)36-18-11-16-34(28-36)43-29-37-30-47-45(40-21-6-8-24-46(40)57-47)31-44(37)39-20-5-4-19-38(39)43/h1-28,30-31,43H,29H2. The summed E-state index contributed by atoms with van der Waals surface area (Å²) in [6.45, 7) is 0. The van der Waals surface area contributed by atoms with Gasteiger partial charge in [-0.2, -0.15) is 0 Å². The van der Waals surface area contributed by atoms with Crippen LogP contribution in [0.1, 0.15) is 22.6 Å². The van der Waals surface area contributed by atoms with E-state index in [4.69, 9.17) is 19.4 Å². The number of benzene rings is 8. The van der Waals surface area contributed by atoms with Gasteiger partial charge >= 0.3 is 0 Å². The highest BCUT2D eigenvalue weighted by Crippen LogP contribution is 2.46. The molecule has 1 unspecified atom stereocenters. The number of aromatic nitrogens is 3. The molecule has 0 radical (unpaired) electrons. The Bertz CT molecular complexity index is 3400. The second kappa shape index (κ2) is 13.2. The van der Waals surface area contributed by atoms with Crippen LogP contribution in [0.15, 0.2) is 186 Å². The zero-order chi connectivity index (χ0) is 38.2. The monoisotopic (exact) mass is 759 g/mol. The van der Waals surface area contributed by atoms with Crippen LogP contribution in [0, 0.1) is 0 Å². The van der Waals surface area contributed by atoms with Crippen molar-refractivity contribution in [3.63, 3.8) is 0 Å². The summed E-state index contributed by atoms with van der Waals surface area (Å²) >= 11 is 1.80. The van der Waals surface area contributed by atoms with E-state index in [1.165, 1.54) is 48.0 Å². The Morgan fingerprint density at radius 3 is 1.98 bits per heavy atom. The lowest BCUT2D eigenvalue weighted by Gasteiger charge is -2.28. The molecule has 3 aromatic heterocycles. The predicted molar refractivity (Wildman–Crippen MR) is 239 cm³/mol. The van der Waals surface area contributed by atoms with Gasteiger partial charge < -0.3 is 4.42 Å². The average molecular weight is 760 g/mol. The van der Waals surface area contributed by atoms with Crippen LogP contribution in [-0.4, -0.2) is 15.0 Å². The fourth-order valence-electron chi connectivity index (χ4n) is 8.99. The molecule has 0 aliphatic heterocycles. The van der Waals surface area contributed by atoms with E-state index < -0.39 is 0 Å². The smallest absolute Gasteiger partial charge is 0.164 e. The van der Waals surface area contributed by atoms with E-state index in [0.29, 0.717) is 17.5 Å². The van der Waals surface area contributed by atoms with Crippen LogP contribution in [0.4, 0.5) is 0 Å². The van der Waals surface area contributed by atoms with Crippen molar-refractivity contribution in [3.8, 4) is 56.4 Å². The van der Waals surface area contributed by atoms with E-state index in [0.717, 1.165) is 56.2 Å². The molecule has 0 N–H and O–H groups in total. The van der Waals surface area contributed by atoms with E-state index in [9.17, 15) is 0 Å². The molecule has 272 valence electrons. The number of nitrogens with zero attached hydrogens (tertiary/aromatic N) is 3. The van der Waals surface area contributed by atoms with Gasteiger partial charge in [0.25, 0.3) is 0 Å². The molecule has 11 aromatic rings. The van der Waals surface area contributed by atoms with Gasteiger partial charge in [-0.25, -0.2) is 15.0 Å². The highest BCUT2D eigenvalue weighted by Gasteiger charge is 2.28. The van der Waals surface area contributed by atoms with Crippen LogP contribution in [0.25, 0.3) is 98.5 Å². The zero-order valence-electron chi connectivity index (χ0n) is 31.3. The maximum absolute atomic E-state index is 6.38. The fourth-order valence-corrected chi connectivity index (χ4v) is 10.1. The summed E-state index contributed by atoms with van der Waals surface area (Å²) in [5, 5.41) is 4.70. The predicted octanol–water partition coefficient (Wildman–Crippen LogP) is 14.2. The van der Waals surface area contributed by atoms with Crippen LogP contribution in [0.2, 0.25) is 0 Å². The van der Waals surface area contributed by atoms with Crippen LogP contribution < -0.4 is 0 Å². The first-order valence-electron chi connectivity index (χ1n) is 19.7. The third-order valence-corrected chi connectivity index (χ3v) is 12.8. The molecule has 1 aliphatic rings. The molecule has 0 saturated heterocycles. The number of hydrogen-bond acceptors (Lipinski definition) is 5. The third kappa shape index (κ3) is 5.39. The molecule has 0 spiro atoms. The number of para-hydroxylation sites is 1. The molecule has 3 heterocycles. The largest absolute Gasteiger partial charge is 0.456 e. The van der Waals surface area contributed by atoms with E-state index in [-0.39, 0.29) is 5.92 Å². The maximum Gasteiger partial charge on any atom is 0.164 e. The molecule has 5 heteroatoms. The van der Waals surface area contributed by atoms with Gasteiger partial charge in [0, 0.05) is 53.6 Å². The van der Waals surface area contributed by atoms with Gasteiger partial charge in [-0.05, 0) is 87.8 Å². The Hall–Kier alpha value is -7.21.